The summed E-state index contributed by atoms with van der Waals surface area (Å²) in [6.45, 7) is 3.84. The Morgan fingerprint density at radius 1 is 1.06 bits per heavy atom. The molecule has 0 saturated heterocycles. The van der Waals surface area contributed by atoms with Gasteiger partial charge in [-0.3, -0.25) is 25.2 Å². The second-order valence-corrected chi connectivity index (χ2v) is 8.03. The molecule has 0 aliphatic heterocycles. The van der Waals surface area contributed by atoms with Crippen LogP contribution in [-0.4, -0.2) is 28.2 Å². The monoisotopic (exact) mass is 476 g/mol. The molecule has 0 aliphatic rings. The molecule has 0 aliphatic carbocycles. The molecule has 168 valence electrons. The van der Waals surface area contributed by atoms with Gasteiger partial charge < -0.3 is 4.74 Å². The Morgan fingerprint density at radius 2 is 1.78 bits per heavy atom. The van der Waals surface area contributed by atoms with Crippen molar-refractivity contribution in [1.29, 1.82) is 0 Å². The highest BCUT2D eigenvalue weighted by Gasteiger charge is 2.18. The first-order valence-corrected chi connectivity index (χ1v) is 10.7. The average Bonchev–Trinajstić information content (AvgIpc) is 2.78. The molecule has 2 N–H and O–H groups in total. The topological polar surface area (TPSA) is 102 Å². The molecule has 0 atom stereocenters. The Balaban J connectivity index is 1.58. The third-order valence-corrected chi connectivity index (χ3v) is 5.37. The molecule has 8 nitrogen and oxygen atoms in total. The average molecular weight is 477 g/mol. The second-order valence-electron chi connectivity index (χ2n) is 7.24. The molecular formula is C22H22Cl2N4O4. The summed E-state index contributed by atoms with van der Waals surface area (Å²) in [7, 11) is 0. The van der Waals surface area contributed by atoms with Gasteiger partial charge in [0.05, 0.1) is 23.1 Å². The molecule has 10 heteroatoms. The van der Waals surface area contributed by atoms with E-state index in [1.807, 2.05) is 0 Å². The summed E-state index contributed by atoms with van der Waals surface area (Å²) in [5.41, 5.74) is 4.48. The minimum Gasteiger partial charge on any atom is -0.492 e. The molecule has 0 spiro atoms. The maximum absolute atomic E-state index is 12.7. The smallest absolute Gasteiger partial charge is 0.290 e. The summed E-state index contributed by atoms with van der Waals surface area (Å²) in [5.74, 6) is -0.586. The number of hydrogen-bond acceptors (Lipinski definition) is 5. The summed E-state index contributed by atoms with van der Waals surface area (Å²) in [6.07, 6.45) is 0.502. The van der Waals surface area contributed by atoms with Crippen LogP contribution in [0, 0.1) is 0 Å². The number of halogens is 2. The van der Waals surface area contributed by atoms with Crippen molar-refractivity contribution in [2.24, 2.45) is 0 Å². The number of amides is 2. The van der Waals surface area contributed by atoms with Crippen molar-refractivity contribution in [3.8, 4) is 5.75 Å². The van der Waals surface area contributed by atoms with Crippen LogP contribution in [0.15, 0.2) is 47.3 Å². The van der Waals surface area contributed by atoms with E-state index in [0.717, 1.165) is 0 Å². The lowest BCUT2D eigenvalue weighted by Crippen LogP contribution is -2.43. The van der Waals surface area contributed by atoms with Gasteiger partial charge in [0.1, 0.15) is 10.8 Å². The lowest BCUT2D eigenvalue weighted by Gasteiger charge is -2.14. The number of hydrazine groups is 1. The quantitative estimate of drug-likeness (QED) is 0.397. The highest BCUT2D eigenvalue weighted by molar-refractivity contribution is 6.42. The van der Waals surface area contributed by atoms with Gasteiger partial charge in [-0.1, -0.05) is 47.5 Å². The van der Waals surface area contributed by atoms with Crippen LogP contribution in [0.5, 0.6) is 5.75 Å². The molecule has 0 saturated carbocycles. The maximum Gasteiger partial charge on any atom is 0.290 e. The van der Waals surface area contributed by atoms with Gasteiger partial charge in [0.2, 0.25) is 5.91 Å². The molecule has 0 bridgehead atoms. The van der Waals surface area contributed by atoms with Gasteiger partial charge in [-0.05, 0) is 38.5 Å². The number of carbonyl (C=O) groups is 2. The number of fused-ring (bicyclic) bond motifs is 1. The molecule has 0 unspecified atom stereocenters. The highest BCUT2D eigenvalue weighted by atomic mass is 35.5. The molecule has 1 aromatic heterocycles. The van der Waals surface area contributed by atoms with Crippen LogP contribution < -0.4 is 21.1 Å². The number of rotatable bonds is 7. The normalized spacial score (nSPS) is 10.9. The van der Waals surface area contributed by atoms with E-state index in [1.165, 1.54) is 4.68 Å². The van der Waals surface area contributed by atoms with Crippen molar-refractivity contribution in [3.63, 3.8) is 0 Å². The molecule has 3 rings (SSSR count). The first-order valence-electron chi connectivity index (χ1n) is 9.97. The van der Waals surface area contributed by atoms with Gasteiger partial charge in [-0.2, -0.15) is 5.10 Å². The van der Waals surface area contributed by atoms with Gasteiger partial charge in [0.15, 0.2) is 5.69 Å². The van der Waals surface area contributed by atoms with Gasteiger partial charge in [0.25, 0.3) is 11.5 Å². The molecule has 0 fully saturated rings. The Labute approximate surface area is 194 Å². The number of hydrogen-bond donors (Lipinski definition) is 2. The largest absolute Gasteiger partial charge is 0.492 e. The molecule has 0 radical (unpaired) electrons. The molecule has 2 amide bonds. The van der Waals surface area contributed by atoms with E-state index in [2.05, 4.69) is 16.0 Å². The predicted molar refractivity (Wildman–Crippen MR) is 123 cm³/mol. The zero-order chi connectivity index (χ0) is 23.3. The second kappa shape index (κ2) is 10.5. The van der Waals surface area contributed by atoms with E-state index in [4.69, 9.17) is 27.9 Å². The van der Waals surface area contributed by atoms with Crippen LogP contribution >= 0.6 is 23.2 Å². The van der Waals surface area contributed by atoms with Gasteiger partial charge >= 0.3 is 0 Å². The number of carbonyl (C=O) groups excluding carboxylic acids is 2. The van der Waals surface area contributed by atoms with Gasteiger partial charge in [-0.15, -0.1) is 0 Å². The zero-order valence-corrected chi connectivity index (χ0v) is 19.0. The van der Waals surface area contributed by atoms with E-state index in [9.17, 15) is 14.4 Å². The van der Waals surface area contributed by atoms with Crippen LogP contribution in [-0.2, 0) is 4.79 Å². The van der Waals surface area contributed by atoms with Crippen molar-refractivity contribution in [2.45, 2.75) is 32.7 Å². The maximum atomic E-state index is 12.7. The number of benzene rings is 2. The molecule has 2 aromatic carbocycles. The van der Waals surface area contributed by atoms with Crippen molar-refractivity contribution in [2.75, 3.05) is 6.61 Å². The number of nitrogens with zero attached hydrogens (tertiary/aromatic N) is 2. The van der Waals surface area contributed by atoms with Crippen LogP contribution in [0.25, 0.3) is 10.8 Å². The predicted octanol–water partition coefficient (Wildman–Crippen LogP) is 3.90. The third kappa shape index (κ3) is 5.38. The van der Waals surface area contributed by atoms with Gasteiger partial charge in [-0.25, -0.2) is 4.68 Å². The molecule has 3 aromatic rings. The van der Waals surface area contributed by atoms with Crippen molar-refractivity contribution in [1.82, 2.24) is 20.6 Å². The summed E-state index contributed by atoms with van der Waals surface area (Å²) < 4.78 is 6.78. The van der Waals surface area contributed by atoms with Crippen molar-refractivity contribution >= 4 is 45.8 Å². The lowest BCUT2D eigenvalue weighted by atomic mass is 10.1. The Morgan fingerprint density at radius 3 is 2.50 bits per heavy atom. The number of ether oxygens (including phenoxy) is 1. The van der Waals surface area contributed by atoms with Crippen LogP contribution in [0.1, 0.15) is 43.2 Å². The fourth-order valence-corrected chi connectivity index (χ4v) is 3.33. The summed E-state index contributed by atoms with van der Waals surface area (Å²) >= 11 is 12.0. The highest BCUT2D eigenvalue weighted by Crippen LogP contribution is 2.31. The number of nitrogens with one attached hydrogen (secondary N) is 2. The molecule has 1 heterocycles. The fourth-order valence-electron chi connectivity index (χ4n) is 2.98. The SMILES string of the molecule is CC(C)n1nc(C(=O)NNC(=O)CCCOc2cccc(Cl)c2Cl)c2ccccc2c1=O. The van der Waals surface area contributed by atoms with Crippen LogP contribution in [0.4, 0.5) is 0 Å². The van der Waals surface area contributed by atoms with E-state index in [1.54, 1.807) is 56.3 Å². The Bertz CT molecular complexity index is 1210. The number of aromatic nitrogens is 2. The minimum absolute atomic E-state index is 0.0492. The van der Waals surface area contributed by atoms with E-state index >= 15 is 0 Å². The van der Waals surface area contributed by atoms with Crippen molar-refractivity contribution < 1.29 is 14.3 Å². The summed E-state index contributed by atoms with van der Waals surface area (Å²) in [4.78, 5) is 37.3. The Hall–Kier alpha value is -3.10. The molecular weight excluding hydrogens is 455 g/mol. The van der Waals surface area contributed by atoms with Crippen LogP contribution in [0.2, 0.25) is 10.0 Å². The standard InChI is InChI=1S/C22H22Cl2N4O4/c1-13(2)28-22(31)15-8-4-3-7-14(15)20(27-28)21(30)26-25-18(29)11-6-12-32-17-10-5-9-16(23)19(17)24/h3-5,7-10,13H,6,11-12H2,1-2H3,(H,25,29)(H,26,30). The van der Waals surface area contributed by atoms with E-state index in [-0.39, 0.29) is 30.3 Å². The molecule has 32 heavy (non-hydrogen) atoms. The third-order valence-electron chi connectivity index (χ3n) is 4.57. The van der Waals surface area contributed by atoms with E-state index < -0.39 is 11.8 Å². The summed E-state index contributed by atoms with van der Waals surface area (Å²) in [5, 5.41) is 5.69. The Kier molecular flexibility index (Phi) is 7.71. The minimum atomic E-state index is -0.620. The zero-order valence-electron chi connectivity index (χ0n) is 17.5. The van der Waals surface area contributed by atoms with Crippen LogP contribution in [0.3, 0.4) is 0 Å². The van der Waals surface area contributed by atoms with Crippen molar-refractivity contribution in [3.05, 3.63) is 68.6 Å². The summed E-state index contributed by atoms with van der Waals surface area (Å²) in [6, 6.07) is 11.5. The van der Waals surface area contributed by atoms with E-state index in [0.29, 0.717) is 33.0 Å². The first kappa shape index (κ1) is 23.6. The fraction of sp³-hybridized carbons (Fsp3) is 0.273. The lowest BCUT2D eigenvalue weighted by molar-refractivity contribution is -0.122. The van der Waals surface area contributed by atoms with Gasteiger partial charge in [0, 0.05) is 11.8 Å². The first-order chi connectivity index (χ1) is 15.3.